The minimum absolute atomic E-state index is 0.0232. The standard InChI is InChI=1S/C27H33ClF3N5O5/c1-4-32-25(41)22(38)18(9-13-7-8-33-23(13)39)35-24(40)21-20-15(26(20,2)3)12-36(21)19(37)11-34-17-6-5-14(10-16(17)28)27(29,30)31/h5-6,10,13,15,18,20-21,34H,4,7-9,11-12H2,1-3H3,(H,32,41)(H,33,39)(H,35,40)/t13-,15-,18-,20-,21-/m0/s1. The molecule has 1 saturated carbocycles. The smallest absolute Gasteiger partial charge is 0.375 e. The van der Waals surface area contributed by atoms with Crippen LogP contribution in [-0.4, -0.2) is 72.6 Å². The van der Waals surface area contributed by atoms with Crippen LogP contribution in [0.2, 0.25) is 5.02 Å². The van der Waals surface area contributed by atoms with Gasteiger partial charge in [0.05, 0.1) is 28.9 Å². The van der Waals surface area contributed by atoms with E-state index in [0.29, 0.717) is 13.0 Å². The van der Waals surface area contributed by atoms with Gasteiger partial charge in [0.2, 0.25) is 23.5 Å². The minimum atomic E-state index is -4.57. The van der Waals surface area contributed by atoms with Gasteiger partial charge in [-0.15, -0.1) is 0 Å². The predicted molar refractivity (Wildman–Crippen MR) is 143 cm³/mol. The predicted octanol–water partition coefficient (Wildman–Crippen LogP) is 1.97. The van der Waals surface area contributed by atoms with Crippen LogP contribution in [0.15, 0.2) is 18.2 Å². The number of piperidine rings is 1. The zero-order valence-corrected chi connectivity index (χ0v) is 23.6. The molecule has 0 bridgehead atoms. The van der Waals surface area contributed by atoms with E-state index in [1.807, 2.05) is 13.8 Å². The molecule has 2 aliphatic heterocycles. The molecule has 0 spiro atoms. The molecule has 1 aliphatic carbocycles. The van der Waals surface area contributed by atoms with Crippen molar-refractivity contribution in [3.8, 4) is 0 Å². The highest BCUT2D eigenvalue weighted by Gasteiger charge is 2.69. The molecule has 224 valence electrons. The van der Waals surface area contributed by atoms with Crippen LogP contribution in [0.25, 0.3) is 0 Å². The van der Waals surface area contributed by atoms with Gasteiger partial charge in [-0.1, -0.05) is 25.4 Å². The van der Waals surface area contributed by atoms with Crippen LogP contribution in [0.4, 0.5) is 18.9 Å². The van der Waals surface area contributed by atoms with E-state index in [-0.39, 0.29) is 59.9 Å². The molecule has 0 aromatic heterocycles. The molecule has 14 heteroatoms. The van der Waals surface area contributed by atoms with Crippen LogP contribution < -0.4 is 21.3 Å². The number of rotatable bonds is 10. The highest BCUT2D eigenvalue weighted by molar-refractivity contribution is 6.38. The normalized spacial score (nSPS) is 25.1. The molecule has 1 aromatic rings. The number of Topliss-reactive ketones (excluding diaryl/α,β-unsaturated/α-hetero) is 1. The summed E-state index contributed by atoms with van der Waals surface area (Å²) in [5, 5.41) is 10.3. The minimum Gasteiger partial charge on any atom is -0.375 e. The zero-order valence-electron chi connectivity index (χ0n) is 22.9. The van der Waals surface area contributed by atoms with Gasteiger partial charge in [-0.2, -0.15) is 13.2 Å². The number of hydrogen-bond donors (Lipinski definition) is 4. The average Bonchev–Trinajstić information content (AvgIpc) is 3.25. The third kappa shape index (κ3) is 6.29. The molecule has 2 heterocycles. The quantitative estimate of drug-likeness (QED) is 0.304. The van der Waals surface area contributed by atoms with Gasteiger partial charge < -0.3 is 26.2 Å². The van der Waals surface area contributed by atoms with Crippen molar-refractivity contribution >= 4 is 46.7 Å². The number of nitrogens with one attached hydrogen (secondary N) is 4. The Bertz CT molecular complexity index is 1260. The van der Waals surface area contributed by atoms with Crippen molar-refractivity contribution in [3.05, 3.63) is 28.8 Å². The lowest BCUT2D eigenvalue weighted by molar-refractivity contribution is -0.143. The molecular weight excluding hydrogens is 567 g/mol. The van der Waals surface area contributed by atoms with E-state index in [1.54, 1.807) is 6.92 Å². The van der Waals surface area contributed by atoms with Gasteiger partial charge in [0.15, 0.2) is 0 Å². The van der Waals surface area contributed by atoms with Gasteiger partial charge in [0.25, 0.3) is 5.91 Å². The van der Waals surface area contributed by atoms with E-state index in [4.69, 9.17) is 11.6 Å². The maximum atomic E-state index is 13.7. The van der Waals surface area contributed by atoms with Gasteiger partial charge >= 0.3 is 6.18 Å². The first kappa shape index (κ1) is 30.6. The lowest BCUT2D eigenvalue weighted by Gasteiger charge is -2.31. The number of carbonyl (C=O) groups is 5. The number of halogens is 4. The van der Waals surface area contributed by atoms with Crippen molar-refractivity contribution in [2.75, 3.05) is 31.5 Å². The van der Waals surface area contributed by atoms with Crippen molar-refractivity contribution in [3.63, 3.8) is 0 Å². The molecule has 1 aromatic carbocycles. The molecule has 0 radical (unpaired) electrons. The van der Waals surface area contributed by atoms with E-state index < -0.39 is 53.2 Å². The number of amides is 4. The lowest BCUT2D eigenvalue weighted by Crippen LogP contribution is -2.56. The molecule has 10 nitrogen and oxygen atoms in total. The molecule has 41 heavy (non-hydrogen) atoms. The van der Waals surface area contributed by atoms with Crippen molar-refractivity contribution < 1.29 is 37.1 Å². The Balaban J connectivity index is 1.48. The largest absolute Gasteiger partial charge is 0.416 e. The lowest BCUT2D eigenvalue weighted by atomic mass is 9.94. The first-order chi connectivity index (χ1) is 19.2. The number of likely N-dealkylation sites (tertiary alicyclic amines) is 1. The molecule has 3 fully saturated rings. The second-order valence-electron chi connectivity index (χ2n) is 11.3. The topological polar surface area (TPSA) is 137 Å². The molecule has 4 amide bonds. The Morgan fingerprint density at radius 2 is 1.93 bits per heavy atom. The Hall–Kier alpha value is -3.35. The fourth-order valence-electron chi connectivity index (χ4n) is 6.00. The van der Waals surface area contributed by atoms with Gasteiger partial charge in [-0.05, 0) is 55.2 Å². The van der Waals surface area contributed by atoms with Crippen molar-refractivity contribution in [2.24, 2.45) is 23.2 Å². The zero-order chi connectivity index (χ0) is 30.3. The molecule has 4 N–H and O–H groups in total. The summed E-state index contributed by atoms with van der Waals surface area (Å²) in [6.45, 7) is 6.17. The van der Waals surface area contributed by atoms with E-state index in [0.717, 1.165) is 18.2 Å². The molecule has 5 atom stereocenters. The number of hydrogen-bond acceptors (Lipinski definition) is 6. The summed E-state index contributed by atoms with van der Waals surface area (Å²) in [5.41, 5.74) is -1.04. The van der Waals surface area contributed by atoms with Crippen LogP contribution in [0.3, 0.4) is 0 Å². The summed E-state index contributed by atoms with van der Waals surface area (Å²) in [4.78, 5) is 65.8. The highest BCUT2D eigenvalue weighted by atomic mass is 35.5. The molecule has 4 rings (SSSR count). The van der Waals surface area contributed by atoms with Crippen LogP contribution >= 0.6 is 11.6 Å². The SMILES string of the molecule is CCNC(=O)C(=O)[C@H](C[C@@H]1CCNC1=O)NC(=O)[C@@H]1[C@@H]2[C@H](CN1C(=O)CNc1ccc(C(F)(F)F)cc1Cl)C2(C)C. The number of anilines is 1. The maximum Gasteiger partial charge on any atom is 0.416 e. The van der Waals surface area contributed by atoms with Gasteiger partial charge in [-0.3, -0.25) is 24.0 Å². The Morgan fingerprint density at radius 1 is 1.22 bits per heavy atom. The van der Waals surface area contributed by atoms with Crippen molar-refractivity contribution in [1.29, 1.82) is 0 Å². The van der Waals surface area contributed by atoms with Crippen LogP contribution in [0.5, 0.6) is 0 Å². The molecule has 0 unspecified atom stereocenters. The fourth-order valence-corrected chi connectivity index (χ4v) is 6.25. The fraction of sp³-hybridized carbons (Fsp3) is 0.593. The van der Waals surface area contributed by atoms with Gasteiger partial charge in [0, 0.05) is 25.6 Å². The van der Waals surface area contributed by atoms with Gasteiger partial charge in [-0.25, -0.2) is 0 Å². The molecule has 3 aliphatic rings. The number of likely N-dealkylation sites (N-methyl/N-ethyl adjacent to an activating group) is 1. The number of nitrogens with zero attached hydrogens (tertiary/aromatic N) is 1. The number of ketones is 1. The summed E-state index contributed by atoms with van der Waals surface area (Å²) >= 11 is 6.00. The summed E-state index contributed by atoms with van der Waals surface area (Å²) in [6, 6.07) is 0.538. The number of alkyl halides is 3. The van der Waals surface area contributed by atoms with E-state index >= 15 is 0 Å². The Morgan fingerprint density at radius 3 is 2.51 bits per heavy atom. The molecule has 2 saturated heterocycles. The summed E-state index contributed by atoms with van der Waals surface area (Å²) < 4.78 is 38.9. The number of carbonyl (C=O) groups excluding carboxylic acids is 5. The first-order valence-electron chi connectivity index (χ1n) is 13.5. The summed E-state index contributed by atoms with van der Waals surface area (Å²) in [7, 11) is 0. The van der Waals surface area contributed by atoms with Crippen LogP contribution in [-0.2, 0) is 30.1 Å². The maximum absolute atomic E-state index is 13.7. The van der Waals surface area contributed by atoms with Gasteiger partial charge in [0.1, 0.15) is 6.04 Å². The third-order valence-corrected chi connectivity index (χ3v) is 8.71. The van der Waals surface area contributed by atoms with E-state index in [1.165, 1.54) is 4.90 Å². The van der Waals surface area contributed by atoms with Crippen molar-refractivity contribution in [1.82, 2.24) is 20.9 Å². The second-order valence-corrected chi connectivity index (χ2v) is 11.7. The van der Waals surface area contributed by atoms with E-state index in [9.17, 15) is 37.1 Å². The Kier molecular flexibility index (Phi) is 8.58. The third-order valence-electron chi connectivity index (χ3n) is 8.40. The number of benzene rings is 1. The van der Waals surface area contributed by atoms with Crippen LogP contribution in [0, 0.1) is 23.2 Å². The first-order valence-corrected chi connectivity index (χ1v) is 13.8. The van der Waals surface area contributed by atoms with E-state index in [2.05, 4.69) is 21.3 Å². The average molecular weight is 600 g/mol. The van der Waals surface area contributed by atoms with Crippen molar-refractivity contribution in [2.45, 2.75) is 51.9 Å². The highest BCUT2D eigenvalue weighted by Crippen LogP contribution is 2.64. The summed E-state index contributed by atoms with van der Waals surface area (Å²) in [5.74, 6) is -3.83. The second kappa shape index (κ2) is 11.5. The summed E-state index contributed by atoms with van der Waals surface area (Å²) in [6.07, 6.45) is -4.17. The Labute approximate surface area is 240 Å². The number of fused-ring (bicyclic) bond motifs is 1. The molecular formula is C27H33ClF3N5O5. The monoisotopic (exact) mass is 599 g/mol. The van der Waals surface area contributed by atoms with Crippen LogP contribution in [0.1, 0.15) is 39.2 Å².